The van der Waals surface area contributed by atoms with Crippen LogP contribution in [0.2, 0.25) is 0 Å². The van der Waals surface area contributed by atoms with E-state index in [0.717, 1.165) is 31.8 Å². The van der Waals surface area contributed by atoms with Gasteiger partial charge in [-0.05, 0) is 84.3 Å². The fraction of sp³-hybridized carbons (Fsp3) is 0.611. The number of hydrogen-bond donors (Lipinski definition) is 0. The van der Waals surface area contributed by atoms with Crippen LogP contribution >= 0.6 is 0 Å². The molecule has 0 saturated heterocycles. The summed E-state index contributed by atoms with van der Waals surface area (Å²) in [6.07, 6.45) is 12.5. The predicted molar refractivity (Wildman–Crippen MR) is 166 cm³/mol. The molecule has 1 aliphatic heterocycles. The van der Waals surface area contributed by atoms with Crippen LogP contribution in [0.4, 0.5) is 5.69 Å². The van der Waals surface area contributed by atoms with Crippen molar-refractivity contribution in [2.24, 2.45) is 11.3 Å². The quantitative estimate of drug-likeness (QED) is 0.261. The second kappa shape index (κ2) is 13.7. The lowest BCUT2D eigenvalue weighted by atomic mass is 9.85. The Morgan fingerprint density at radius 3 is 2.51 bits per heavy atom. The maximum atomic E-state index is 4.50. The first-order valence-corrected chi connectivity index (χ1v) is 15.3. The van der Waals surface area contributed by atoms with Crippen LogP contribution in [0.1, 0.15) is 127 Å². The van der Waals surface area contributed by atoms with Crippen LogP contribution in [0.3, 0.4) is 0 Å². The topological polar surface area (TPSA) is 3.24 Å². The van der Waals surface area contributed by atoms with Crippen molar-refractivity contribution in [1.82, 2.24) is 0 Å². The van der Waals surface area contributed by atoms with E-state index in [1.54, 1.807) is 11.1 Å². The molecule has 0 saturated carbocycles. The molecule has 0 N–H and O–H groups in total. The lowest BCUT2D eigenvalue weighted by Crippen LogP contribution is -2.29. The molecule has 37 heavy (non-hydrogen) atoms. The Morgan fingerprint density at radius 2 is 1.81 bits per heavy atom. The van der Waals surface area contributed by atoms with E-state index in [9.17, 15) is 0 Å². The van der Waals surface area contributed by atoms with Gasteiger partial charge in [-0.25, -0.2) is 0 Å². The lowest BCUT2D eigenvalue weighted by molar-refractivity contribution is 0.427. The zero-order valence-electron chi connectivity index (χ0n) is 25.3. The van der Waals surface area contributed by atoms with Crippen molar-refractivity contribution in [3.05, 3.63) is 70.8 Å². The molecule has 1 heteroatoms. The maximum Gasteiger partial charge on any atom is 0.0405 e. The summed E-state index contributed by atoms with van der Waals surface area (Å²) in [5, 5.41) is 0. The van der Waals surface area contributed by atoms with Crippen molar-refractivity contribution in [3.8, 4) is 0 Å². The van der Waals surface area contributed by atoms with E-state index in [1.165, 1.54) is 79.3 Å². The fourth-order valence-electron chi connectivity index (χ4n) is 6.33. The summed E-state index contributed by atoms with van der Waals surface area (Å²) in [6.45, 7) is 23.0. The number of aryl methyl sites for hydroxylation is 3. The highest BCUT2D eigenvalue weighted by Gasteiger charge is 2.25. The van der Waals surface area contributed by atoms with Crippen LogP contribution in [0.25, 0.3) is 5.57 Å². The third kappa shape index (κ3) is 8.76. The van der Waals surface area contributed by atoms with E-state index in [2.05, 4.69) is 96.3 Å². The van der Waals surface area contributed by atoms with Gasteiger partial charge in [0.25, 0.3) is 0 Å². The predicted octanol–water partition coefficient (Wildman–Crippen LogP) is 10.5. The molecular weight excluding hydrogens is 446 g/mol. The molecule has 0 radical (unpaired) electrons. The lowest BCUT2D eigenvalue weighted by Gasteiger charge is -2.30. The molecule has 0 aliphatic carbocycles. The molecule has 1 nitrogen and oxygen atoms in total. The van der Waals surface area contributed by atoms with Crippen molar-refractivity contribution < 1.29 is 0 Å². The van der Waals surface area contributed by atoms with Crippen molar-refractivity contribution in [2.45, 2.75) is 119 Å². The fourth-order valence-corrected chi connectivity index (χ4v) is 6.33. The second-order valence-corrected chi connectivity index (χ2v) is 13.2. The zero-order valence-corrected chi connectivity index (χ0v) is 25.3. The van der Waals surface area contributed by atoms with Crippen LogP contribution < -0.4 is 4.90 Å². The van der Waals surface area contributed by atoms with Crippen molar-refractivity contribution >= 4 is 11.3 Å². The Hall–Kier alpha value is -2.02. The molecule has 0 amide bonds. The molecule has 0 fully saturated rings. The van der Waals surface area contributed by atoms with Gasteiger partial charge in [0.2, 0.25) is 0 Å². The first kappa shape index (κ1) is 29.5. The van der Waals surface area contributed by atoms with E-state index in [-0.39, 0.29) is 5.41 Å². The van der Waals surface area contributed by atoms with Crippen LogP contribution in [0, 0.1) is 18.3 Å². The number of allylic oxidation sites excluding steroid dienone is 1. The molecular formula is C36H55N. The van der Waals surface area contributed by atoms with Gasteiger partial charge in [0.05, 0.1) is 0 Å². The van der Waals surface area contributed by atoms with E-state index in [0.29, 0.717) is 5.92 Å². The van der Waals surface area contributed by atoms with Gasteiger partial charge in [0.1, 0.15) is 0 Å². The van der Waals surface area contributed by atoms with Gasteiger partial charge in [-0.2, -0.15) is 0 Å². The average Bonchev–Trinajstić information content (AvgIpc) is 3.00. The molecule has 204 valence electrons. The molecule has 1 heterocycles. The standard InChI is InChI=1S/C36H55N/c1-9-13-27(3)15-11-12-22-37-26-33(34-21-16-28(4)23-32(34)14-10-2)20-18-30-17-19-31(24-35(30)37)29(5)25-36(6,7)8/h16-17,19,21,23-24,27,33H,5,9-15,18,20,22,25-26H2,1-4,6-8H3. The minimum Gasteiger partial charge on any atom is -0.371 e. The molecule has 2 atom stereocenters. The van der Waals surface area contributed by atoms with Gasteiger partial charge in [-0.15, -0.1) is 0 Å². The monoisotopic (exact) mass is 501 g/mol. The van der Waals surface area contributed by atoms with Crippen molar-refractivity contribution in [3.63, 3.8) is 0 Å². The number of rotatable bonds is 12. The maximum absolute atomic E-state index is 4.50. The summed E-state index contributed by atoms with van der Waals surface area (Å²) < 4.78 is 0. The van der Waals surface area contributed by atoms with Crippen LogP contribution in [-0.2, 0) is 12.8 Å². The van der Waals surface area contributed by atoms with Gasteiger partial charge < -0.3 is 4.90 Å². The van der Waals surface area contributed by atoms with Gasteiger partial charge in [0.15, 0.2) is 0 Å². The highest BCUT2D eigenvalue weighted by molar-refractivity contribution is 5.70. The summed E-state index contributed by atoms with van der Waals surface area (Å²) in [5.74, 6) is 1.44. The number of unbranched alkanes of at least 4 members (excludes halogenated alkanes) is 1. The van der Waals surface area contributed by atoms with Gasteiger partial charge in [-0.3, -0.25) is 0 Å². The summed E-state index contributed by atoms with van der Waals surface area (Å²) >= 11 is 0. The summed E-state index contributed by atoms with van der Waals surface area (Å²) in [6, 6.07) is 14.5. The number of hydrogen-bond acceptors (Lipinski definition) is 1. The highest BCUT2D eigenvalue weighted by atomic mass is 15.1. The van der Waals surface area contributed by atoms with Gasteiger partial charge in [0, 0.05) is 24.7 Å². The summed E-state index contributed by atoms with van der Waals surface area (Å²) in [4.78, 5) is 2.75. The Balaban J connectivity index is 1.88. The van der Waals surface area contributed by atoms with E-state index < -0.39 is 0 Å². The molecule has 2 unspecified atom stereocenters. The Kier molecular flexibility index (Phi) is 10.9. The largest absolute Gasteiger partial charge is 0.371 e. The van der Waals surface area contributed by atoms with Crippen LogP contribution in [-0.4, -0.2) is 13.1 Å². The molecule has 3 rings (SSSR count). The molecule has 0 spiro atoms. The smallest absolute Gasteiger partial charge is 0.0405 e. The molecule has 1 aliphatic rings. The molecule has 2 aromatic rings. The van der Waals surface area contributed by atoms with Crippen LogP contribution in [0.15, 0.2) is 43.0 Å². The highest BCUT2D eigenvalue weighted by Crippen LogP contribution is 2.38. The van der Waals surface area contributed by atoms with Crippen molar-refractivity contribution in [2.75, 3.05) is 18.0 Å². The van der Waals surface area contributed by atoms with Crippen molar-refractivity contribution in [1.29, 1.82) is 0 Å². The zero-order chi connectivity index (χ0) is 27.0. The number of benzene rings is 2. The second-order valence-electron chi connectivity index (χ2n) is 13.2. The SMILES string of the molecule is C=C(CC(C)(C)C)c1ccc2c(c1)N(CCCCC(C)CCC)CC(c1ccc(C)cc1CCC)CC2. The third-order valence-corrected chi connectivity index (χ3v) is 8.19. The number of fused-ring (bicyclic) bond motifs is 1. The van der Waals surface area contributed by atoms with E-state index >= 15 is 0 Å². The number of anilines is 1. The summed E-state index contributed by atoms with van der Waals surface area (Å²) in [5.41, 5.74) is 10.4. The van der Waals surface area contributed by atoms with Gasteiger partial charge in [-0.1, -0.05) is 116 Å². The summed E-state index contributed by atoms with van der Waals surface area (Å²) in [7, 11) is 0. The average molecular weight is 502 g/mol. The minimum atomic E-state index is 0.255. The third-order valence-electron chi connectivity index (χ3n) is 8.19. The molecule has 0 aromatic heterocycles. The normalized spacial score (nSPS) is 16.8. The first-order valence-electron chi connectivity index (χ1n) is 15.3. The molecule has 2 aromatic carbocycles. The first-order chi connectivity index (χ1) is 17.6. The Bertz CT molecular complexity index is 1010. The Labute approximate surface area is 229 Å². The Morgan fingerprint density at radius 1 is 1.03 bits per heavy atom. The van der Waals surface area contributed by atoms with Gasteiger partial charge >= 0.3 is 0 Å². The molecule has 0 bridgehead atoms. The minimum absolute atomic E-state index is 0.255. The van der Waals surface area contributed by atoms with Crippen LogP contribution in [0.5, 0.6) is 0 Å². The van der Waals surface area contributed by atoms with E-state index in [4.69, 9.17) is 0 Å². The van der Waals surface area contributed by atoms with E-state index in [1.807, 2.05) is 0 Å². The number of nitrogens with zero attached hydrogens (tertiary/aromatic N) is 1.